The molecule has 350 valence electrons. The lowest BCUT2D eigenvalue weighted by Crippen LogP contribution is -2.81. The maximum atomic E-state index is 15.4. The maximum Gasteiger partial charge on any atom is 0.377 e. The summed E-state index contributed by atoms with van der Waals surface area (Å²) in [5.41, 5.74) is -13.6. The first-order chi connectivity index (χ1) is 31.5. The van der Waals surface area contributed by atoms with E-state index >= 15 is 35.1 Å². The highest BCUT2D eigenvalue weighted by Gasteiger charge is 2.52. The summed E-state index contributed by atoms with van der Waals surface area (Å²) in [6.07, 6.45) is -5.34. The smallest absolute Gasteiger partial charge is 0.377 e. The van der Waals surface area contributed by atoms with Gasteiger partial charge in [0.2, 0.25) is 12.3 Å². The van der Waals surface area contributed by atoms with Crippen LogP contribution in [0.15, 0.2) is 66.9 Å². The molecule has 1 heterocycles. The van der Waals surface area contributed by atoms with Crippen LogP contribution in [0.3, 0.4) is 0 Å². The van der Waals surface area contributed by atoms with Gasteiger partial charge in [-0.1, -0.05) is 48.5 Å². The zero-order valence-electron chi connectivity index (χ0n) is 32.1. The van der Waals surface area contributed by atoms with E-state index in [-0.39, 0.29) is 18.3 Å². The molecule has 0 fully saturated rings. The summed E-state index contributed by atoms with van der Waals surface area (Å²) >= 11 is 4.14. The number of aromatic nitrogens is 1. The number of ether oxygens (including phenoxy) is 1. The summed E-state index contributed by atoms with van der Waals surface area (Å²) < 4.78 is 301. The first kappa shape index (κ1) is 49.6. The number of hydrogen-bond donors (Lipinski definition) is 1. The average molecular weight is 989 g/mol. The fourth-order valence-corrected chi connectivity index (χ4v) is 7.44. The predicted octanol–water partition coefficient (Wildman–Crippen LogP) is 9.12. The van der Waals surface area contributed by atoms with Crippen LogP contribution in [0, 0.1) is 116 Å². The fourth-order valence-electron chi connectivity index (χ4n) is 7.32. The normalized spacial score (nSPS) is 11.5. The molecule has 0 amide bonds. The number of nitrogens with zero attached hydrogens (tertiary/aromatic N) is 1. The number of halogens is 20. The van der Waals surface area contributed by atoms with E-state index in [0.717, 1.165) is 10.8 Å². The minimum absolute atomic E-state index is 0.0462. The molecule has 0 saturated heterocycles. The minimum atomic E-state index is -7.22. The van der Waals surface area contributed by atoms with Crippen molar-refractivity contribution in [2.24, 2.45) is 0 Å². The van der Waals surface area contributed by atoms with Gasteiger partial charge in [0.05, 0.1) is 5.39 Å². The zero-order chi connectivity index (χ0) is 49.7. The van der Waals surface area contributed by atoms with Gasteiger partial charge in [0, 0.05) is 11.6 Å². The summed E-state index contributed by atoms with van der Waals surface area (Å²) in [6, 6.07) is 19.2. The molecule has 7 rings (SSSR count). The van der Waals surface area contributed by atoms with Crippen molar-refractivity contribution < 1.29 is 102 Å². The predicted molar refractivity (Wildman–Crippen MR) is 199 cm³/mol. The standard InChI is InChI=1S/C24BF20.C18H15NO2S/c26-5-1(6(27)14(35)21(42)13(5)34)25(2-7(28)15(36)22(43)16(37)8(2)29,3-9(30)17(38)23(44)18(39)10(3)31)4-11(32)19(40)24(45)20(41)12(4)33;20-17(15-7-2-1-3-8-15)12-19-11-10-14-6-4-5-9-16(14)18(19)21-13-22/h;1-11H,12-13H2/q-1;/p+1. The number of fused-ring (bicyclic) bond motifs is 1. The van der Waals surface area contributed by atoms with E-state index in [1.54, 1.807) is 0 Å². The Kier molecular flexibility index (Phi) is 14.0. The highest BCUT2D eigenvalue weighted by atomic mass is 32.1. The van der Waals surface area contributed by atoms with Crippen LogP contribution in [0.5, 0.6) is 5.88 Å². The third-order valence-electron chi connectivity index (χ3n) is 10.2. The maximum absolute atomic E-state index is 15.4. The SMILES string of the molecule is Fc1c(F)c(F)c([B-](c2c(F)c(F)c(F)c(F)c2F)(c2c(F)c(F)c(F)c(F)c2F)c2c(F)c(F)c(F)c(F)c2F)c(F)c1F.O=C(C[n+]1ccc2ccccc2c1OCS)c1ccccc1. The second-order valence-corrected chi connectivity index (χ2v) is 14.0. The van der Waals surface area contributed by atoms with Crippen molar-refractivity contribution in [2.75, 3.05) is 5.94 Å². The molecule has 0 spiro atoms. The summed E-state index contributed by atoms with van der Waals surface area (Å²) in [6.45, 7) is 0.234. The van der Waals surface area contributed by atoms with Crippen LogP contribution in [0.25, 0.3) is 10.8 Å². The van der Waals surface area contributed by atoms with Gasteiger partial charge in [0.1, 0.15) is 58.6 Å². The van der Waals surface area contributed by atoms with Gasteiger partial charge in [-0.2, -0.15) is 4.57 Å². The summed E-state index contributed by atoms with van der Waals surface area (Å²) in [5.74, 6) is -70.4. The third-order valence-corrected chi connectivity index (χ3v) is 10.3. The topological polar surface area (TPSA) is 30.2 Å². The summed E-state index contributed by atoms with van der Waals surface area (Å²) in [4.78, 5) is 12.4. The lowest BCUT2D eigenvalue weighted by Gasteiger charge is -2.44. The molecule has 0 aliphatic carbocycles. The molecule has 0 saturated carbocycles. The molecule has 0 aliphatic rings. The highest BCUT2D eigenvalue weighted by Crippen LogP contribution is 2.31. The van der Waals surface area contributed by atoms with E-state index in [4.69, 9.17) is 4.74 Å². The van der Waals surface area contributed by atoms with Gasteiger partial charge in [-0.15, -0.1) is 34.5 Å². The number of pyridine rings is 1. The van der Waals surface area contributed by atoms with Gasteiger partial charge >= 0.3 is 5.88 Å². The molecular formula is C42H16BF20NO2S. The fraction of sp³-hybridized carbons (Fsp3) is 0.0476. The number of hydrogen-bond acceptors (Lipinski definition) is 3. The quantitative estimate of drug-likeness (QED) is 0.0229. The van der Waals surface area contributed by atoms with Crippen LogP contribution in [0.1, 0.15) is 10.4 Å². The van der Waals surface area contributed by atoms with E-state index in [0.29, 0.717) is 11.4 Å². The molecule has 67 heavy (non-hydrogen) atoms. The molecule has 0 radical (unpaired) electrons. The number of Topliss-reactive ketones (excluding diaryl/α,β-unsaturated/α-hetero) is 1. The van der Waals surface area contributed by atoms with Gasteiger partial charge in [-0.25, -0.2) is 87.8 Å². The number of benzene rings is 6. The number of ketones is 1. The molecule has 25 heteroatoms. The van der Waals surface area contributed by atoms with Crippen LogP contribution >= 0.6 is 12.6 Å². The Morgan fingerprint density at radius 2 is 0.716 bits per heavy atom. The van der Waals surface area contributed by atoms with Gasteiger partial charge in [0.25, 0.3) is 0 Å². The summed E-state index contributed by atoms with van der Waals surface area (Å²) in [5, 5.41) is 2.04. The number of rotatable bonds is 9. The first-order valence-corrected chi connectivity index (χ1v) is 18.6. The number of carbonyl (C=O) groups excluding carboxylic acids is 1. The third kappa shape index (κ3) is 7.94. The molecule has 1 aromatic heterocycles. The molecule has 3 nitrogen and oxygen atoms in total. The van der Waals surface area contributed by atoms with E-state index in [1.165, 1.54) is 0 Å². The first-order valence-electron chi connectivity index (χ1n) is 18.0. The van der Waals surface area contributed by atoms with Crippen molar-refractivity contribution in [1.82, 2.24) is 0 Å². The van der Waals surface area contributed by atoms with Crippen LogP contribution in [-0.2, 0) is 6.54 Å². The van der Waals surface area contributed by atoms with Crippen molar-refractivity contribution in [1.29, 1.82) is 0 Å². The number of thiol groups is 1. The van der Waals surface area contributed by atoms with Crippen LogP contribution < -0.4 is 31.2 Å². The van der Waals surface area contributed by atoms with Crippen molar-refractivity contribution in [3.63, 3.8) is 0 Å². The molecule has 6 aromatic carbocycles. The Bertz CT molecular complexity index is 2780. The molecule has 0 N–H and O–H groups in total. The Morgan fingerprint density at radius 3 is 1.04 bits per heavy atom. The molecule has 0 unspecified atom stereocenters. The molecule has 0 aliphatic heterocycles. The Morgan fingerprint density at radius 1 is 0.418 bits per heavy atom. The Balaban J connectivity index is 0.000000279. The Labute approximate surface area is 365 Å². The number of carbonyl (C=O) groups is 1. The Hall–Kier alpha value is -6.79. The monoisotopic (exact) mass is 989 g/mol. The van der Waals surface area contributed by atoms with Gasteiger partial charge in [0.15, 0.2) is 76.0 Å². The lowest BCUT2D eigenvalue weighted by atomic mass is 9.12. The zero-order valence-corrected chi connectivity index (χ0v) is 33.0. The molecular weight excluding hydrogens is 973 g/mol. The molecule has 0 bridgehead atoms. The molecule has 7 aromatic rings. The summed E-state index contributed by atoms with van der Waals surface area (Å²) in [7, 11) is 0. The van der Waals surface area contributed by atoms with Crippen molar-refractivity contribution >= 4 is 57.2 Å². The van der Waals surface area contributed by atoms with E-state index in [9.17, 15) is 57.5 Å². The molecule has 0 atom stereocenters. The van der Waals surface area contributed by atoms with Gasteiger partial charge in [-0.05, 0) is 11.5 Å². The lowest BCUT2D eigenvalue weighted by molar-refractivity contribution is -0.686. The van der Waals surface area contributed by atoms with E-state index < -0.39 is 144 Å². The second kappa shape index (κ2) is 18.8. The highest BCUT2D eigenvalue weighted by molar-refractivity contribution is 7.80. The van der Waals surface area contributed by atoms with Crippen molar-refractivity contribution in [2.45, 2.75) is 6.54 Å². The van der Waals surface area contributed by atoms with Crippen LogP contribution in [0.2, 0.25) is 0 Å². The minimum Gasteiger partial charge on any atom is -0.433 e. The van der Waals surface area contributed by atoms with Crippen LogP contribution in [0.4, 0.5) is 87.8 Å². The van der Waals surface area contributed by atoms with Crippen molar-refractivity contribution in [3.8, 4) is 5.88 Å². The van der Waals surface area contributed by atoms with Crippen LogP contribution in [-0.4, -0.2) is 17.9 Å². The van der Waals surface area contributed by atoms with Gasteiger partial charge in [-0.3, -0.25) is 4.79 Å². The van der Waals surface area contributed by atoms with Gasteiger partial charge < -0.3 is 4.74 Å². The van der Waals surface area contributed by atoms with Crippen molar-refractivity contribution in [3.05, 3.63) is 189 Å². The average Bonchev–Trinajstić information content (AvgIpc) is 3.32. The van der Waals surface area contributed by atoms with E-state index in [2.05, 4.69) is 12.6 Å². The van der Waals surface area contributed by atoms with E-state index in [1.807, 2.05) is 71.4 Å². The second-order valence-electron chi connectivity index (χ2n) is 13.7. The largest absolute Gasteiger partial charge is 0.433 e.